The molecule has 148 valence electrons. The molecule has 0 saturated carbocycles. The second kappa shape index (κ2) is 9.44. The van der Waals surface area contributed by atoms with Crippen LogP contribution < -0.4 is 9.64 Å². The predicted molar refractivity (Wildman–Crippen MR) is 115 cm³/mol. The van der Waals surface area contributed by atoms with Crippen LogP contribution in [-0.2, 0) is 19.7 Å². The average molecular weight is 395 g/mol. The van der Waals surface area contributed by atoms with Crippen LogP contribution in [0, 0.1) is 11.3 Å². The highest BCUT2D eigenvalue weighted by atomic mass is 16.5. The van der Waals surface area contributed by atoms with Crippen molar-refractivity contribution in [1.29, 1.82) is 5.26 Å². The van der Waals surface area contributed by atoms with Crippen molar-refractivity contribution in [3.8, 4) is 11.8 Å². The van der Waals surface area contributed by atoms with E-state index in [4.69, 9.17) is 9.15 Å². The Morgan fingerprint density at radius 3 is 1.87 bits per heavy atom. The highest BCUT2D eigenvalue weighted by Gasteiger charge is 2.21. The molecular weight excluding hydrogens is 374 g/mol. The van der Waals surface area contributed by atoms with Crippen LogP contribution in [0.2, 0.25) is 0 Å². The topological polar surface area (TPSA) is 62.3 Å². The standard InChI is InChI=1S/C25H21N3O2/c26-16-23-25(30-24(27-23)19-29-22-14-8-3-9-15-22)28(17-20-10-4-1-5-11-20)18-21-12-6-2-7-13-21/h1-15H,17-19H2. The predicted octanol–water partition coefficient (Wildman–Crippen LogP) is 5.33. The zero-order valence-corrected chi connectivity index (χ0v) is 16.4. The smallest absolute Gasteiger partial charge is 0.236 e. The van der Waals surface area contributed by atoms with E-state index in [0.29, 0.717) is 24.9 Å². The molecule has 0 atom stereocenters. The molecule has 0 radical (unpaired) electrons. The lowest BCUT2D eigenvalue weighted by atomic mass is 10.1. The first kappa shape index (κ1) is 19.3. The number of nitriles is 1. The number of anilines is 1. The number of benzene rings is 3. The summed E-state index contributed by atoms with van der Waals surface area (Å²) >= 11 is 0. The zero-order chi connectivity index (χ0) is 20.6. The summed E-state index contributed by atoms with van der Waals surface area (Å²) in [5, 5.41) is 9.66. The van der Waals surface area contributed by atoms with E-state index in [9.17, 15) is 5.26 Å². The lowest BCUT2D eigenvalue weighted by Gasteiger charge is -2.22. The van der Waals surface area contributed by atoms with Gasteiger partial charge in [-0.3, -0.25) is 0 Å². The van der Waals surface area contributed by atoms with E-state index in [1.165, 1.54) is 0 Å². The second-order valence-electron chi connectivity index (χ2n) is 6.80. The van der Waals surface area contributed by atoms with Gasteiger partial charge in [-0.25, -0.2) is 0 Å². The highest BCUT2D eigenvalue weighted by molar-refractivity contribution is 5.49. The first-order valence-electron chi connectivity index (χ1n) is 9.72. The first-order valence-corrected chi connectivity index (χ1v) is 9.72. The van der Waals surface area contributed by atoms with E-state index in [1.54, 1.807) is 0 Å². The summed E-state index contributed by atoms with van der Waals surface area (Å²) in [5.74, 6) is 1.55. The monoisotopic (exact) mass is 395 g/mol. The zero-order valence-electron chi connectivity index (χ0n) is 16.4. The maximum atomic E-state index is 9.66. The summed E-state index contributed by atoms with van der Waals surface area (Å²) in [6, 6.07) is 31.8. The molecule has 0 aliphatic heterocycles. The molecule has 4 rings (SSSR count). The molecule has 0 unspecified atom stereocenters. The van der Waals surface area contributed by atoms with Crippen LogP contribution in [0.4, 0.5) is 5.88 Å². The number of oxazole rings is 1. The third-order valence-electron chi connectivity index (χ3n) is 4.58. The summed E-state index contributed by atoms with van der Waals surface area (Å²) in [4.78, 5) is 6.38. The Labute approximate surface area is 175 Å². The van der Waals surface area contributed by atoms with Crippen molar-refractivity contribution in [3.05, 3.63) is 114 Å². The minimum Gasteiger partial charge on any atom is -0.484 e. The molecule has 5 nitrogen and oxygen atoms in total. The van der Waals surface area contributed by atoms with Crippen molar-refractivity contribution in [3.63, 3.8) is 0 Å². The Hall–Kier alpha value is -4.04. The van der Waals surface area contributed by atoms with E-state index in [2.05, 4.69) is 35.3 Å². The Morgan fingerprint density at radius 2 is 1.33 bits per heavy atom. The number of hydrogen-bond acceptors (Lipinski definition) is 5. The van der Waals surface area contributed by atoms with E-state index >= 15 is 0 Å². The van der Waals surface area contributed by atoms with Gasteiger partial charge in [0.1, 0.15) is 11.8 Å². The minimum atomic E-state index is 0.156. The van der Waals surface area contributed by atoms with Crippen LogP contribution in [0.1, 0.15) is 22.7 Å². The van der Waals surface area contributed by atoms with Crippen molar-refractivity contribution < 1.29 is 9.15 Å². The normalized spacial score (nSPS) is 10.4. The van der Waals surface area contributed by atoms with Gasteiger partial charge in [-0.15, -0.1) is 0 Å². The maximum Gasteiger partial charge on any atom is 0.236 e. The van der Waals surface area contributed by atoms with Gasteiger partial charge in [0.25, 0.3) is 0 Å². The molecule has 0 fully saturated rings. The van der Waals surface area contributed by atoms with Crippen molar-refractivity contribution >= 4 is 5.88 Å². The fourth-order valence-corrected chi connectivity index (χ4v) is 3.17. The first-order chi connectivity index (χ1) is 14.8. The van der Waals surface area contributed by atoms with Gasteiger partial charge in [-0.2, -0.15) is 10.2 Å². The SMILES string of the molecule is N#Cc1nc(COc2ccccc2)oc1N(Cc1ccccc1)Cc1ccccc1. The van der Waals surface area contributed by atoms with Gasteiger partial charge in [0.15, 0.2) is 6.61 Å². The summed E-state index contributed by atoms with van der Waals surface area (Å²) in [6.07, 6.45) is 0. The Balaban J connectivity index is 1.60. The summed E-state index contributed by atoms with van der Waals surface area (Å²) in [7, 11) is 0. The van der Waals surface area contributed by atoms with Crippen molar-refractivity contribution in [2.45, 2.75) is 19.7 Å². The molecule has 5 heteroatoms. The van der Waals surface area contributed by atoms with Crippen molar-refractivity contribution in [1.82, 2.24) is 4.98 Å². The van der Waals surface area contributed by atoms with Gasteiger partial charge in [0, 0.05) is 13.1 Å². The molecular formula is C25H21N3O2. The quantitative estimate of drug-likeness (QED) is 0.403. The summed E-state index contributed by atoms with van der Waals surface area (Å²) in [6.45, 7) is 1.35. The van der Waals surface area contributed by atoms with Gasteiger partial charge >= 0.3 is 0 Å². The van der Waals surface area contributed by atoms with E-state index in [-0.39, 0.29) is 12.3 Å². The molecule has 4 aromatic rings. The van der Waals surface area contributed by atoms with Gasteiger partial charge in [-0.1, -0.05) is 78.9 Å². The van der Waals surface area contributed by atoms with Crippen molar-refractivity contribution in [2.24, 2.45) is 0 Å². The largest absolute Gasteiger partial charge is 0.484 e. The second-order valence-corrected chi connectivity index (χ2v) is 6.80. The fraction of sp³-hybridized carbons (Fsp3) is 0.120. The third kappa shape index (κ3) is 4.86. The fourth-order valence-electron chi connectivity index (χ4n) is 3.17. The van der Waals surface area contributed by atoms with Crippen LogP contribution in [-0.4, -0.2) is 4.98 Å². The highest BCUT2D eigenvalue weighted by Crippen LogP contribution is 2.26. The molecule has 3 aromatic carbocycles. The average Bonchev–Trinajstić information content (AvgIpc) is 3.23. The molecule has 0 N–H and O–H groups in total. The number of hydrogen-bond donors (Lipinski definition) is 0. The van der Waals surface area contributed by atoms with Gasteiger partial charge < -0.3 is 14.1 Å². The molecule has 1 heterocycles. The van der Waals surface area contributed by atoms with E-state index in [0.717, 1.165) is 16.9 Å². The van der Waals surface area contributed by atoms with Gasteiger partial charge in [0.2, 0.25) is 17.5 Å². The molecule has 30 heavy (non-hydrogen) atoms. The maximum absolute atomic E-state index is 9.66. The van der Waals surface area contributed by atoms with Gasteiger partial charge in [-0.05, 0) is 23.3 Å². The van der Waals surface area contributed by atoms with Crippen molar-refractivity contribution in [2.75, 3.05) is 4.90 Å². The minimum absolute atomic E-state index is 0.156. The van der Waals surface area contributed by atoms with Crippen LogP contribution >= 0.6 is 0 Å². The Kier molecular flexibility index (Phi) is 6.07. The molecule has 0 aliphatic carbocycles. The lowest BCUT2D eigenvalue weighted by Crippen LogP contribution is -2.22. The number of para-hydroxylation sites is 1. The summed E-state index contributed by atoms with van der Waals surface area (Å²) in [5.41, 5.74) is 2.50. The molecule has 0 spiro atoms. The molecule has 0 aliphatic rings. The van der Waals surface area contributed by atoms with Crippen LogP contribution in [0.5, 0.6) is 5.75 Å². The molecule has 0 saturated heterocycles. The lowest BCUT2D eigenvalue weighted by molar-refractivity contribution is 0.263. The Morgan fingerprint density at radius 1 is 0.800 bits per heavy atom. The molecule has 1 aromatic heterocycles. The Bertz CT molecular complexity index is 1060. The number of aromatic nitrogens is 1. The number of ether oxygens (including phenoxy) is 1. The molecule has 0 amide bonds. The number of nitrogens with zero attached hydrogens (tertiary/aromatic N) is 3. The third-order valence-corrected chi connectivity index (χ3v) is 4.58. The van der Waals surface area contributed by atoms with Gasteiger partial charge in [0.05, 0.1) is 0 Å². The van der Waals surface area contributed by atoms with Crippen LogP contribution in [0.15, 0.2) is 95.4 Å². The van der Waals surface area contributed by atoms with E-state index in [1.807, 2.05) is 71.6 Å². The summed E-state index contributed by atoms with van der Waals surface area (Å²) < 4.78 is 11.7. The van der Waals surface area contributed by atoms with E-state index < -0.39 is 0 Å². The van der Waals surface area contributed by atoms with Crippen LogP contribution in [0.3, 0.4) is 0 Å². The number of rotatable bonds is 8. The van der Waals surface area contributed by atoms with Crippen LogP contribution in [0.25, 0.3) is 0 Å². The molecule has 0 bridgehead atoms.